The van der Waals surface area contributed by atoms with Crippen molar-refractivity contribution in [1.82, 2.24) is 15.2 Å². The molecule has 2 rings (SSSR count). The summed E-state index contributed by atoms with van der Waals surface area (Å²) < 4.78 is 0. The van der Waals surface area contributed by atoms with Gasteiger partial charge in [-0.3, -0.25) is 14.6 Å². The number of amides is 2. The minimum Gasteiger partial charge on any atom is -0.343 e. The molecule has 1 N–H and O–H groups in total. The Morgan fingerprint density at radius 3 is 2.76 bits per heavy atom. The SMILES string of the molecule is CCCC1C(=O)NC(CC)C(=O)N1Cc1ccncc1Cl. The average molecular weight is 310 g/mol. The number of piperazine rings is 1. The molecule has 21 heavy (non-hydrogen) atoms. The van der Waals surface area contributed by atoms with E-state index in [2.05, 4.69) is 10.3 Å². The average Bonchev–Trinajstić information content (AvgIpc) is 2.48. The number of rotatable bonds is 5. The van der Waals surface area contributed by atoms with Gasteiger partial charge in [-0.1, -0.05) is 31.9 Å². The van der Waals surface area contributed by atoms with E-state index in [0.717, 1.165) is 12.0 Å². The van der Waals surface area contributed by atoms with Crippen LogP contribution in [0.5, 0.6) is 0 Å². The molecule has 0 aliphatic carbocycles. The molecule has 1 aliphatic heterocycles. The van der Waals surface area contributed by atoms with E-state index in [4.69, 9.17) is 11.6 Å². The Hall–Kier alpha value is -1.62. The van der Waals surface area contributed by atoms with Crippen molar-refractivity contribution in [3.63, 3.8) is 0 Å². The van der Waals surface area contributed by atoms with Crippen LogP contribution >= 0.6 is 11.6 Å². The van der Waals surface area contributed by atoms with Crippen molar-refractivity contribution in [2.45, 2.75) is 51.7 Å². The van der Waals surface area contributed by atoms with Crippen molar-refractivity contribution < 1.29 is 9.59 Å². The monoisotopic (exact) mass is 309 g/mol. The fourth-order valence-electron chi connectivity index (χ4n) is 2.57. The maximum Gasteiger partial charge on any atom is 0.246 e. The molecule has 1 aliphatic rings. The Morgan fingerprint density at radius 1 is 1.38 bits per heavy atom. The summed E-state index contributed by atoms with van der Waals surface area (Å²) >= 11 is 6.12. The minimum absolute atomic E-state index is 0.0385. The van der Waals surface area contributed by atoms with Crippen molar-refractivity contribution in [2.75, 3.05) is 0 Å². The molecule has 2 atom stereocenters. The first-order valence-electron chi connectivity index (χ1n) is 7.27. The lowest BCUT2D eigenvalue weighted by Gasteiger charge is -2.39. The molecule has 0 aromatic carbocycles. The smallest absolute Gasteiger partial charge is 0.246 e. The van der Waals surface area contributed by atoms with Crippen molar-refractivity contribution in [3.05, 3.63) is 29.0 Å². The van der Waals surface area contributed by atoms with Gasteiger partial charge in [-0.2, -0.15) is 0 Å². The fraction of sp³-hybridized carbons (Fsp3) is 0.533. The lowest BCUT2D eigenvalue weighted by molar-refractivity contribution is -0.150. The fourth-order valence-corrected chi connectivity index (χ4v) is 2.74. The first kappa shape index (κ1) is 15.8. The van der Waals surface area contributed by atoms with Crippen LogP contribution in [0, 0.1) is 0 Å². The molecule has 2 heterocycles. The molecular weight excluding hydrogens is 290 g/mol. The lowest BCUT2D eigenvalue weighted by atomic mass is 10.0. The van der Waals surface area contributed by atoms with Crippen LogP contribution in [0.25, 0.3) is 0 Å². The molecule has 1 aromatic rings. The highest BCUT2D eigenvalue weighted by molar-refractivity contribution is 6.31. The zero-order valence-corrected chi connectivity index (χ0v) is 13.1. The van der Waals surface area contributed by atoms with Crippen molar-refractivity contribution in [1.29, 1.82) is 0 Å². The number of hydrogen-bond acceptors (Lipinski definition) is 3. The first-order valence-corrected chi connectivity index (χ1v) is 7.65. The number of aromatic nitrogens is 1. The predicted molar refractivity (Wildman–Crippen MR) is 80.7 cm³/mol. The second-order valence-electron chi connectivity index (χ2n) is 5.21. The molecule has 5 nitrogen and oxygen atoms in total. The van der Waals surface area contributed by atoms with E-state index in [-0.39, 0.29) is 11.8 Å². The molecule has 0 radical (unpaired) electrons. The quantitative estimate of drug-likeness (QED) is 0.906. The topological polar surface area (TPSA) is 62.3 Å². The third-order valence-corrected chi connectivity index (χ3v) is 4.08. The molecule has 0 bridgehead atoms. The molecular formula is C15H20ClN3O2. The highest BCUT2D eigenvalue weighted by Gasteiger charge is 2.39. The van der Waals surface area contributed by atoms with E-state index in [1.165, 1.54) is 0 Å². The number of carbonyl (C=O) groups is 2. The summed E-state index contributed by atoms with van der Waals surface area (Å²) in [5.74, 6) is -0.114. The third-order valence-electron chi connectivity index (χ3n) is 3.74. The molecule has 0 spiro atoms. The van der Waals surface area contributed by atoms with Crippen LogP contribution in [0.3, 0.4) is 0 Å². The zero-order valence-electron chi connectivity index (χ0n) is 12.3. The number of pyridine rings is 1. The number of nitrogens with one attached hydrogen (secondary N) is 1. The Bertz CT molecular complexity index is 535. The van der Waals surface area contributed by atoms with Crippen LogP contribution in [0.1, 0.15) is 38.7 Å². The largest absolute Gasteiger partial charge is 0.343 e. The highest BCUT2D eigenvalue weighted by atomic mass is 35.5. The van der Waals surface area contributed by atoms with E-state index in [0.29, 0.717) is 24.4 Å². The molecule has 2 unspecified atom stereocenters. The van der Waals surface area contributed by atoms with Gasteiger partial charge < -0.3 is 10.2 Å². The molecule has 1 saturated heterocycles. The van der Waals surface area contributed by atoms with E-state index in [1.54, 1.807) is 23.4 Å². The van der Waals surface area contributed by atoms with Crippen molar-refractivity contribution in [2.24, 2.45) is 0 Å². The van der Waals surface area contributed by atoms with Gasteiger partial charge in [-0.05, 0) is 24.5 Å². The summed E-state index contributed by atoms with van der Waals surface area (Å²) in [5, 5.41) is 3.32. The molecule has 0 saturated carbocycles. The Kier molecular flexibility index (Phi) is 5.17. The molecule has 1 fully saturated rings. The summed E-state index contributed by atoms with van der Waals surface area (Å²) in [7, 11) is 0. The predicted octanol–water partition coefficient (Wildman–Crippen LogP) is 2.14. The maximum absolute atomic E-state index is 12.6. The van der Waals surface area contributed by atoms with Crippen LogP contribution in [0.2, 0.25) is 5.02 Å². The number of hydrogen-bond donors (Lipinski definition) is 1. The Labute approximate surface area is 129 Å². The van der Waals surface area contributed by atoms with Crippen LogP contribution in [0.15, 0.2) is 18.5 Å². The minimum atomic E-state index is -0.439. The van der Waals surface area contributed by atoms with Crippen LogP contribution < -0.4 is 5.32 Å². The lowest BCUT2D eigenvalue weighted by Crippen LogP contribution is -2.62. The highest BCUT2D eigenvalue weighted by Crippen LogP contribution is 2.22. The van der Waals surface area contributed by atoms with Gasteiger partial charge in [-0.25, -0.2) is 0 Å². The maximum atomic E-state index is 12.6. The van der Waals surface area contributed by atoms with E-state index < -0.39 is 12.1 Å². The van der Waals surface area contributed by atoms with Gasteiger partial charge in [0.25, 0.3) is 0 Å². The van der Waals surface area contributed by atoms with E-state index in [9.17, 15) is 9.59 Å². The third kappa shape index (κ3) is 3.35. The molecule has 6 heteroatoms. The standard InChI is InChI=1S/C15H20ClN3O2/c1-3-5-13-14(20)18-12(4-2)15(21)19(13)9-10-6-7-17-8-11(10)16/h6-8,12-13H,3-5,9H2,1-2H3,(H,18,20). The normalized spacial score (nSPS) is 22.3. The summed E-state index contributed by atoms with van der Waals surface area (Å²) in [5.41, 5.74) is 0.811. The second kappa shape index (κ2) is 6.89. The summed E-state index contributed by atoms with van der Waals surface area (Å²) in [4.78, 5) is 30.4. The van der Waals surface area contributed by atoms with Crippen molar-refractivity contribution >= 4 is 23.4 Å². The van der Waals surface area contributed by atoms with Crippen molar-refractivity contribution in [3.8, 4) is 0 Å². The Morgan fingerprint density at radius 2 is 2.14 bits per heavy atom. The first-order chi connectivity index (χ1) is 10.1. The van der Waals surface area contributed by atoms with Crippen LogP contribution in [-0.4, -0.2) is 33.8 Å². The number of halogens is 1. The molecule has 114 valence electrons. The zero-order chi connectivity index (χ0) is 15.4. The molecule has 2 amide bonds. The van der Waals surface area contributed by atoms with Gasteiger partial charge in [0.05, 0.1) is 5.02 Å². The summed E-state index contributed by atoms with van der Waals surface area (Å²) in [6, 6.07) is 0.923. The van der Waals surface area contributed by atoms with E-state index in [1.807, 2.05) is 13.8 Å². The van der Waals surface area contributed by atoms with Gasteiger partial charge in [0.2, 0.25) is 11.8 Å². The number of nitrogens with zero attached hydrogens (tertiary/aromatic N) is 2. The Balaban J connectivity index is 2.27. The van der Waals surface area contributed by atoms with Gasteiger partial charge in [-0.15, -0.1) is 0 Å². The van der Waals surface area contributed by atoms with Gasteiger partial charge >= 0.3 is 0 Å². The van der Waals surface area contributed by atoms with E-state index >= 15 is 0 Å². The van der Waals surface area contributed by atoms with Gasteiger partial charge in [0, 0.05) is 18.9 Å². The molecule has 1 aromatic heterocycles. The summed E-state index contributed by atoms with van der Waals surface area (Å²) in [6.45, 7) is 4.23. The van der Waals surface area contributed by atoms with Crippen LogP contribution in [0.4, 0.5) is 0 Å². The van der Waals surface area contributed by atoms with Gasteiger partial charge in [0.15, 0.2) is 0 Å². The van der Waals surface area contributed by atoms with Crippen LogP contribution in [-0.2, 0) is 16.1 Å². The van der Waals surface area contributed by atoms with Gasteiger partial charge in [0.1, 0.15) is 12.1 Å². The summed E-state index contributed by atoms with van der Waals surface area (Å²) in [6.07, 6.45) is 5.27. The second-order valence-corrected chi connectivity index (χ2v) is 5.61. The number of carbonyl (C=O) groups excluding carboxylic acids is 2.